The van der Waals surface area contributed by atoms with Crippen LogP contribution in [-0.4, -0.2) is 34.0 Å². The standard InChI is InChI=1S/C21H27FN4/c22-17-8-4-6-15(12-17)19-13-24-21(23)25-20(19)16-7-5-11-26(14-16)18-9-2-1-3-10-18/h4,6,8,12-13,16,18H,1-3,5,7,9-11,14H2,(H2,23,24,25)/t16-/m0/s1. The number of piperidine rings is 1. The van der Waals surface area contributed by atoms with E-state index in [0.717, 1.165) is 29.8 Å². The van der Waals surface area contributed by atoms with Crippen molar-refractivity contribution in [1.29, 1.82) is 0 Å². The molecule has 1 aliphatic heterocycles. The molecule has 0 radical (unpaired) electrons. The van der Waals surface area contributed by atoms with Crippen LogP contribution in [0.2, 0.25) is 0 Å². The molecular weight excluding hydrogens is 327 g/mol. The van der Waals surface area contributed by atoms with Crippen molar-refractivity contribution in [2.75, 3.05) is 18.8 Å². The average molecular weight is 354 g/mol. The quantitative estimate of drug-likeness (QED) is 0.889. The number of hydrogen-bond donors (Lipinski definition) is 1. The van der Waals surface area contributed by atoms with Gasteiger partial charge in [0.2, 0.25) is 5.95 Å². The van der Waals surface area contributed by atoms with E-state index in [0.29, 0.717) is 17.9 Å². The molecule has 2 aliphatic rings. The predicted octanol–water partition coefficient (Wildman–Crippen LogP) is 4.38. The number of hydrogen-bond acceptors (Lipinski definition) is 4. The zero-order valence-corrected chi connectivity index (χ0v) is 15.2. The van der Waals surface area contributed by atoms with Crippen LogP contribution in [0.3, 0.4) is 0 Å². The van der Waals surface area contributed by atoms with Gasteiger partial charge in [-0.25, -0.2) is 14.4 Å². The normalized spacial score (nSPS) is 22.4. The van der Waals surface area contributed by atoms with E-state index >= 15 is 0 Å². The summed E-state index contributed by atoms with van der Waals surface area (Å²) in [4.78, 5) is 11.4. The van der Waals surface area contributed by atoms with Gasteiger partial charge in [-0.1, -0.05) is 31.4 Å². The molecule has 0 unspecified atom stereocenters. The van der Waals surface area contributed by atoms with Crippen molar-refractivity contribution < 1.29 is 4.39 Å². The van der Waals surface area contributed by atoms with E-state index < -0.39 is 0 Å². The second kappa shape index (κ2) is 7.70. The largest absolute Gasteiger partial charge is 0.368 e. The van der Waals surface area contributed by atoms with E-state index in [1.54, 1.807) is 18.3 Å². The van der Waals surface area contributed by atoms with Crippen LogP contribution in [-0.2, 0) is 0 Å². The van der Waals surface area contributed by atoms with E-state index in [-0.39, 0.29) is 5.82 Å². The van der Waals surface area contributed by atoms with Gasteiger partial charge in [-0.3, -0.25) is 4.90 Å². The van der Waals surface area contributed by atoms with Gasteiger partial charge in [-0.2, -0.15) is 0 Å². The van der Waals surface area contributed by atoms with Gasteiger partial charge in [0.1, 0.15) is 5.82 Å². The first-order valence-electron chi connectivity index (χ1n) is 9.83. The van der Waals surface area contributed by atoms with Crippen LogP contribution in [0.1, 0.15) is 56.6 Å². The van der Waals surface area contributed by atoms with Crippen molar-refractivity contribution in [3.05, 3.63) is 42.0 Å². The van der Waals surface area contributed by atoms with E-state index in [2.05, 4.69) is 14.9 Å². The van der Waals surface area contributed by atoms with Crippen molar-refractivity contribution in [3.8, 4) is 11.1 Å². The van der Waals surface area contributed by atoms with Crippen molar-refractivity contribution >= 4 is 5.95 Å². The molecule has 1 aromatic heterocycles. The van der Waals surface area contributed by atoms with Crippen LogP contribution in [0.4, 0.5) is 10.3 Å². The summed E-state index contributed by atoms with van der Waals surface area (Å²) < 4.78 is 13.7. The number of aromatic nitrogens is 2. The highest BCUT2D eigenvalue weighted by molar-refractivity contribution is 5.66. The fourth-order valence-electron chi connectivity index (χ4n) is 4.61. The number of rotatable bonds is 3. The maximum atomic E-state index is 13.7. The summed E-state index contributed by atoms with van der Waals surface area (Å²) in [6, 6.07) is 7.39. The highest BCUT2D eigenvalue weighted by Gasteiger charge is 2.30. The first-order chi connectivity index (χ1) is 12.7. The van der Waals surface area contributed by atoms with E-state index in [1.807, 2.05) is 6.07 Å². The van der Waals surface area contributed by atoms with E-state index in [1.165, 1.54) is 51.1 Å². The topological polar surface area (TPSA) is 55.0 Å². The molecule has 1 saturated heterocycles. The summed E-state index contributed by atoms with van der Waals surface area (Å²) >= 11 is 0. The van der Waals surface area contributed by atoms with Crippen LogP contribution in [0, 0.1) is 5.82 Å². The number of benzene rings is 1. The lowest BCUT2D eigenvalue weighted by molar-refractivity contribution is 0.118. The van der Waals surface area contributed by atoms with Gasteiger partial charge >= 0.3 is 0 Å². The van der Waals surface area contributed by atoms with Gasteiger partial charge in [0.25, 0.3) is 0 Å². The summed E-state index contributed by atoms with van der Waals surface area (Å²) in [5, 5.41) is 0. The predicted molar refractivity (Wildman–Crippen MR) is 102 cm³/mol. The maximum absolute atomic E-state index is 13.7. The van der Waals surface area contributed by atoms with Crippen LogP contribution in [0.5, 0.6) is 0 Å². The first-order valence-corrected chi connectivity index (χ1v) is 9.83. The van der Waals surface area contributed by atoms with Gasteiger partial charge in [0, 0.05) is 30.3 Å². The van der Waals surface area contributed by atoms with Crippen molar-refractivity contribution in [1.82, 2.24) is 14.9 Å². The lowest BCUT2D eigenvalue weighted by Crippen LogP contribution is -2.43. The second-order valence-corrected chi connectivity index (χ2v) is 7.66. The molecule has 4 nitrogen and oxygen atoms in total. The molecule has 2 N–H and O–H groups in total. The molecule has 1 aromatic carbocycles. The van der Waals surface area contributed by atoms with Gasteiger partial charge in [0.15, 0.2) is 0 Å². The summed E-state index contributed by atoms with van der Waals surface area (Å²) in [6.45, 7) is 2.19. The van der Waals surface area contributed by atoms with Crippen LogP contribution < -0.4 is 5.73 Å². The molecule has 138 valence electrons. The summed E-state index contributed by atoms with van der Waals surface area (Å²) in [6.07, 6.45) is 10.7. The molecule has 2 heterocycles. The Morgan fingerprint density at radius 1 is 1.08 bits per heavy atom. The minimum atomic E-state index is -0.238. The second-order valence-electron chi connectivity index (χ2n) is 7.66. The lowest BCUT2D eigenvalue weighted by Gasteiger charge is -2.40. The maximum Gasteiger partial charge on any atom is 0.220 e. The molecule has 26 heavy (non-hydrogen) atoms. The fraction of sp³-hybridized carbons (Fsp3) is 0.524. The van der Waals surface area contributed by atoms with E-state index in [9.17, 15) is 4.39 Å². The molecule has 0 amide bonds. The number of halogens is 1. The Hall–Kier alpha value is -2.01. The molecule has 2 aromatic rings. The Morgan fingerprint density at radius 3 is 2.73 bits per heavy atom. The Bertz CT molecular complexity index is 757. The molecule has 5 heteroatoms. The third-order valence-corrected chi connectivity index (χ3v) is 5.90. The third kappa shape index (κ3) is 3.73. The molecule has 0 bridgehead atoms. The number of nitrogens with two attached hydrogens (primary N) is 1. The number of nitrogens with zero attached hydrogens (tertiary/aromatic N) is 3. The zero-order valence-electron chi connectivity index (χ0n) is 15.2. The molecular formula is C21H27FN4. The first kappa shape index (κ1) is 17.4. The molecule has 1 aliphatic carbocycles. The Morgan fingerprint density at radius 2 is 1.92 bits per heavy atom. The van der Waals surface area contributed by atoms with Crippen molar-refractivity contribution in [3.63, 3.8) is 0 Å². The molecule has 0 spiro atoms. The van der Waals surface area contributed by atoms with Crippen molar-refractivity contribution in [2.24, 2.45) is 0 Å². The van der Waals surface area contributed by atoms with Crippen LogP contribution in [0.15, 0.2) is 30.5 Å². The van der Waals surface area contributed by atoms with E-state index in [4.69, 9.17) is 5.73 Å². The number of likely N-dealkylation sites (tertiary alicyclic amines) is 1. The monoisotopic (exact) mass is 354 g/mol. The Labute approximate surface area is 154 Å². The lowest BCUT2D eigenvalue weighted by atomic mass is 9.87. The number of anilines is 1. The average Bonchev–Trinajstić information content (AvgIpc) is 2.69. The fourth-order valence-corrected chi connectivity index (χ4v) is 4.61. The van der Waals surface area contributed by atoms with Gasteiger partial charge in [-0.05, 0) is 49.9 Å². The summed E-state index contributed by atoms with van der Waals surface area (Å²) in [7, 11) is 0. The molecule has 1 saturated carbocycles. The summed E-state index contributed by atoms with van der Waals surface area (Å²) in [5.74, 6) is 0.391. The smallest absolute Gasteiger partial charge is 0.220 e. The van der Waals surface area contributed by atoms with Crippen LogP contribution in [0.25, 0.3) is 11.1 Å². The zero-order chi connectivity index (χ0) is 17.9. The molecule has 2 fully saturated rings. The number of nitrogen functional groups attached to an aromatic ring is 1. The highest BCUT2D eigenvalue weighted by atomic mass is 19.1. The SMILES string of the molecule is Nc1ncc(-c2cccc(F)c2)c([C@H]2CCCN(C3CCCCC3)C2)n1. The van der Waals surface area contributed by atoms with Gasteiger partial charge in [-0.15, -0.1) is 0 Å². The Kier molecular flexibility index (Phi) is 5.16. The van der Waals surface area contributed by atoms with Gasteiger partial charge in [0.05, 0.1) is 5.69 Å². The molecule has 1 atom stereocenters. The minimum absolute atomic E-state index is 0.238. The summed E-state index contributed by atoms with van der Waals surface area (Å²) in [5.41, 5.74) is 8.63. The van der Waals surface area contributed by atoms with Crippen LogP contribution >= 0.6 is 0 Å². The minimum Gasteiger partial charge on any atom is -0.368 e. The Balaban J connectivity index is 1.63. The molecule has 4 rings (SSSR count). The third-order valence-electron chi connectivity index (χ3n) is 5.90. The van der Waals surface area contributed by atoms with Crippen molar-refractivity contribution in [2.45, 2.75) is 56.9 Å². The van der Waals surface area contributed by atoms with Gasteiger partial charge < -0.3 is 5.73 Å². The highest BCUT2D eigenvalue weighted by Crippen LogP contribution is 2.35.